The molecule has 30 heavy (non-hydrogen) atoms. The van der Waals surface area contributed by atoms with Crippen molar-refractivity contribution in [1.82, 2.24) is 9.99 Å². The zero-order chi connectivity index (χ0) is 21.1. The molecule has 0 saturated heterocycles. The predicted molar refractivity (Wildman–Crippen MR) is 124 cm³/mol. The van der Waals surface area contributed by atoms with Crippen LogP contribution in [0.1, 0.15) is 21.5 Å². The van der Waals surface area contributed by atoms with Gasteiger partial charge in [-0.1, -0.05) is 71.2 Å². The average Bonchev–Trinajstić information content (AvgIpc) is 3.08. The largest absolute Gasteiger partial charge is 0.342 e. The van der Waals surface area contributed by atoms with Gasteiger partial charge >= 0.3 is 0 Å². The summed E-state index contributed by atoms with van der Waals surface area (Å²) in [7, 11) is 0. The summed E-state index contributed by atoms with van der Waals surface area (Å²) in [6.07, 6.45) is 3.60. The van der Waals surface area contributed by atoms with Crippen LogP contribution in [0.15, 0.2) is 78.0 Å². The molecule has 0 aliphatic heterocycles. The van der Waals surface area contributed by atoms with Crippen molar-refractivity contribution in [2.45, 2.75) is 6.54 Å². The summed E-state index contributed by atoms with van der Waals surface area (Å²) in [6.45, 7) is 0.580. The van der Waals surface area contributed by atoms with Gasteiger partial charge < -0.3 is 4.57 Å². The fraction of sp³-hybridized carbons (Fsp3) is 0.0435. The second-order valence-corrected chi connectivity index (χ2v) is 7.90. The molecule has 1 N–H and O–H groups in total. The molecule has 0 unspecified atom stereocenters. The Hall–Kier alpha value is -2.79. The molecule has 4 nitrogen and oxygen atoms in total. The molecule has 0 aliphatic rings. The monoisotopic (exact) mass is 455 g/mol. The number of hydrogen-bond acceptors (Lipinski definition) is 2. The molecule has 1 heterocycles. The molecule has 1 aromatic heterocycles. The average molecular weight is 457 g/mol. The van der Waals surface area contributed by atoms with Crippen molar-refractivity contribution < 1.29 is 4.79 Å². The Labute approximate surface area is 188 Å². The number of hydrazone groups is 1. The topological polar surface area (TPSA) is 46.4 Å². The third-order valence-electron chi connectivity index (χ3n) is 4.66. The standard InChI is InChI=1S/C23H16Cl3N3O/c24-17-10-9-15(21(26)11-17)13-29-14-16(18-5-2-4-8-22(18)29)12-27-28-23(30)19-6-1-3-7-20(19)25/h1-12,14H,13H2,(H,28,30)/b27-12-. The summed E-state index contributed by atoms with van der Waals surface area (Å²) in [6, 6.07) is 20.3. The van der Waals surface area contributed by atoms with Crippen LogP contribution in [0, 0.1) is 0 Å². The smallest absolute Gasteiger partial charge is 0.272 e. The third kappa shape index (κ3) is 4.36. The van der Waals surface area contributed by atoms with Gasteiger partial charge in [0.25, 0.3) is 5.91 Å². The number of aromatic nitrogens is 1. The number of rotatable bonds is 5. The van der Waals surface area contributed by atoms with Gasteiger partial charge in [-0.2, -0.15) is 5.10 Å². The minimum atomic E-state index is -0.367. The van der Waals surface area contributed by atoms with Gasteiger partial charge in [-0.3, -0.25) is 4.79 Å². The first kappa shape index (κ1) is 20.5. The first-order valence-electron chi connectivity index (χ1n) is 9.12. The first-order valence-corrected chi connectivity index (χ1v) is 10.3. The number of nitrogens with one attached hydrogen (secondary N) is 1. The molecule has 4 aromatic rings. The van der Waals surface area contributed by atoms with Crippen LogP contribution in [0.25, 0.3) is 10.9 Å². The molecule has 0 saturated carbocycles. The van der Waals surface area contributed by atoms with Crippen molar-refractivity contribution in [3.05, 3.63) is 105 Å². The molecule has 1 amide bonds. The van der Waals surface area contributed by atoms with Crippen LogP contribution < -0.4 is 5.43 Å². The number of benzene rings is 3. The Morgan fingerprint density at radius 2 is 1.73 bits per heavy atom. The molecule has 0 radical (unpaired) electrons. The SMILES string of the molecule is O=C(N/N=C\c1cn(Cc2ccc(Cl)cc2Cl)c2ccccc12)c1ccccc1Cl. The zero-order valence-electron chi connectivity index (χ0n) is 15.6. The van der Waals surface area contributed by atoms with Gasteiger partial charge in [0.05, 0.1) is 16.8 Å². The second-order valence-electron chi connectivity index (χ2n) is 6.64. The maximum absolute atomic E-state index is 12.3. The molecule has 7 heteroatoms. The minimum absolute atomic E-state index is 0.367. The first-order chi connectivity index (χ1) is 14.5. The number of para-hydroxylation sites is 1. The van der Waals surface area contributed by atoms with Crippen molar-refractivity contribution in [3.63, 3.8) is 0 Å². The minimum Gasteiger partial charge on any atom is -0.342 e. The number of fused-ring (bicyclic) bond motifs is 1. The number of carbonyl (C=O) groups is 1. The number of nitrogens with zero attached hydrogens (tertiary/aromatic N) is 2. The van der Waals surface area contributed by atoms with Crippen LogP contribution in [-0.4, -0.2) is 16.7 Å². The Morgan fingerprint density at radius 1 is 0.967 bits per heavy atom. The van der Waals surface area contributed by atoms with Crippen LogP contribution in [0.5, 0.6) is 0 Å². The highest BCUT2D eigenvalue weighted by Gasteiger charge is 2.10. The van der Waals surface area contributed by atoms with Gasteiger partial charge in [0.15, 0.2) is 0 Å². The summed E-state index contributed by atoms with van der Waals surface area (Å²) in [5, 5.41) is 6.72. The van der Waals surface area contributed by atoms with E-state index in [-0.39, 0.29) is 5.91 Å². The zero-order valence-corrected chi connectivity index (χ0v) is 17.9. The van der Waals surface area contributed by atoms with Crippen molar-refractivity contribution in [1.29, 1.82) is 0 Å². The summed E-state index contributed by atoms with van der Waals surface area (Å²) < 4.78 is 2.09. The normalized spacial score (nSPS) is 11.3. The van der Waals surface area contributed by atoms with Crippen molar-refractivity contribution in [3.8, 4) is 0 Å². The fourth-order valence-corrected chi connectivity index (χ4v) is 3.90. The van der Waals surface area contributed by atoms with Crippen LogP contribution >= 0.6 is 34.8 Å². The maximum Gasteiger partial charge on any atom is 0.272 e. The van der Waals surface area contributed by atoms with Crippen LogP contribution in [-0.2, 0) is 6.54 Å². The van der Waals surface area contributed by atoms with E-state index >= 15 is 0 Å². The summed E-state index contributed by atoms with van der Waals surface area (Å²) in [5.41, 5.74) is 5.76. The molecular formula is C23H16Cl3N3O. The Balaban J connectivity index is 1.60. The Kier molecular flexibility index (Phi) is 6.09. The molecule has 3 aromatic carbocycles. The van der Waals surface area contributed by atoms with E-state index in [1.807, 2.05) is 42.6 Å². The molecule has 0 bridgehead atoms. The van der Waals surface area contributed by atoms with E-state index in [1.165, 1.54) is 0 Å². The molecule has 4 rings (SSSR count). The van der Waals surface area contributed by atoms with Gasteiger partial charge in [-0.25, -0.2) is 5.43 Å². The highest BCUT2D eigenvalue weighted by Crippen LogP contribution is 2.25. The lowest BCUT2D eigenvalue weighted by atomic mass is 10.2. The lowest BCUT2D eigenvalue weighted by Crippen LogP contribution is -2.17. The highest BCUT2D eigenvalue weighted by molar-refractivity contribution is 6.35. The highest BCUT2D eigenvalue weighted by atomic mass is 35.5. The third-order valence-corrected chi connectivity index (χ3v) is 5.58. The molecular weight excluding hydrogens is 441 g/mol. The van der Waals surface area contributed by atoms with E-state index in [4.69, 9.17) is 34.8 Å². The number of amides is 1. The number of carbonyl (C=O) groups excluding carboxylic acids is 1. The fourth-order valence-electron chi connectivity index (χ4n) is 3.21. The molecule has 0 atom stereocenters. The van der Waals surface area contributed by atoms with Crippen LogP contribution in [0.4, 0.5) is 0 Å². The van der Waals surface area contributed by atoms with E-state index in [9.17, 15) is 4.79 Å². The van der Waals surface area contributed by atoms with Gasteiger partial charge in [0, 0.05) is 39.3 Å². The lowest BCUT2D eigenvalue weighted by Gasteiger charge is -2.08. The molecule has 150 valence electrons. The Morgan fingerprint density at radius 3 is 2.53 bits per heavy atom. The molecule has 0 aliphatic carbocycles. The van der Waals surface area contributed by atoms with Crippen molar-refractivity contribution >= 4 is 57.8 Å². The van der Waals surface area contributed by atoms with Gasteiger partial charge in [0.1, 0.15) is 0 Å². The van der Waals surface area contributed by atoms with Gasteiger partial charge in [-0.05, 0) is 35.9 Å². The van der Waals surface area contributed by atoms with Gasteiger partial charge in [-0.15, -0.1) is 0 Å². The van der Waals surface area contributed by atoms with E-state index in [0.29, 0.717) is 27.2 Å². The van der Waals surface area contributed by atoms with Crippen molar-refractivity contribution in [2.24, 2.45) is 5.10 Å². The summed E-state index contributed by atoms with van der Waals surface area (Å²) in [4.78, 5) is 12.3. The summed E-state index contributed by atoms with van der Waals surface area (Å²) >= 11 is 18.4. The molecule has 0 spiro atoms. The number of halogens is 3. The maximum atomic E-state index is 12.3. The molecule has 0 fully saturated rings. The summed E-state index contributed by atoms with van der Waals surface area (Å²) in [5.74, 6) is -0.367. The van der Waals surface area contributed by atoms with E-state index in [2.05, 4.69) is 15.1 Å². The predicted octanol–water partition coefficient (Wildman–Crippen LogP) is 6.41. The van der Waals surface area contributed by atoms with E-state index in [0.717, 1.165) is 22.0 Å². The Bertz CT molecular complexity index is 1260. The van der Waals surface area contributed by atoms with Crippen molar-refractivity contribution in [2.75, 3.05) is 0 Å². The second kappa shape index (κ2) is 8.92. The lowest BCUT2D eigenvalue weighted by molar-refractivity contribution is 0.0955. The quantitative estimate of drug-likeness (QED) is 0.273. The van der Waals surface area contributed by atoms with Gasteiger partial charge in [0.2, 0.25) is 0 Å². The van der Waals surface area contributed by atoms with Crippen LogP contribution in [0.3, 0.4) is 0 Å². The van der Waals surface area contributed by atoms with E-state index < -0.39 is 0 Å². The number of hydrogen-bond donors (Lipinski definition) is 1. The van der Waals surface area contributed by atoms with E-state index in [1.54, 1.807) is 36.5 Å². The van der Waals surface area contributed by atoms with Crippen LogP contribution in [0.2, 0.25) is 15.1 Å².